The molecule has 43 heavy (non-hydrogen) atoms. The van der Waals surface area contributed by atoms with Crippen molar-refractivity contribution in [1.29, 1.82) is 5.26 Å². The Bertz CT molecular complexity index is 1900. The van der Waals surface area contributed by atoms with E-state index in [4.69, 9.17) is 21.4 Å². The number of halogens is 1. The zero-order chi connectivity index (χ0) is 29.8. The van der Waals surface area contributed by atoms with E-state index in [1.807, 2.05) is 41.1 Å². The Morgan fingerprint density at radius 2 is 2.00 bits per heavy atom. The van der Waals surface area contributed by atoms with E-state index in [0.717, 1.165) is 46.9 Å². The molecule has 1 aliphatic rings. The zero-order valence-electron chi connectivity index (χ0n) is 23.4. The van der Waals surface area contributed by atoms with Crippen LogP contribution in [0, 0.1) is 11.3 Å². The molecule has 1 N–H and O–H groups in total. The molecule has 9 nitrogen and oxygen atoms in total. The lowest BCUT2D eigenvalue weighted by atomic mass is 9.99. The second-order valence-electron chi connectivity index (χ2n) is 10.6. The number of rotatable bonds is 8. The summed E-state index contributed by atoms with van der Waals surface area (Å²) in [5, 5.41) is 19.0. The Kier molecular flexibility index (Phi) is 8.31. The van der Waals surface area contributed by atoms with Crippen molar-refractivity contribution in [3.05, 3.63) is 128 Å². The number of hydrogen-bond donors (Lipinski definition) is 1. The number of ether oxygens (including phenoxy) is 1. The number of aromatic nitrogens is 4. The van der Waals surface area contributed by atoms with Gasteiger partial charge in [0.2, 0.25) is 0 Å². The van der Waals surface area contributed by atoms with Crippen molar-refractivity contribution in [3.8, 4) is 6.07 Å². The number of nitriles is 1. The monoisotopic (exact) mass is 592 g/mol. The number of fused-ring (bicyclic) bond motifs is 1. The molecule has 1 saturated heterocycles. The highest BCUT2D eigenvalue weighted by molar-refractivity contribution is 6.31. The summed E-state index contributed by atoms with van der Waals surface area (Å²) in [6.07, 6.45) is 8.29. The molecular formula is C33H29ClN6O3. The van der Waals surface area contributed by atoms with E-state index in [9.17, 15) is 14.9 Å². The first-order chi connectivity index (χ1) is 21.0. The van der Waals surface area contributed by atoms with Crippen LogP contribution < -0.4 is 10.9 Å². The number of benzene rings is 2. The van der Waals surface area contributed by atoms with E-state index < -0.39 is 0 Å². The molecule has 6 rings (SSSR count). The highest BCUT2D eigenvalue weighted by atomic mass is 35.5. The number of nitrogens with one attached hydrogen (secondary N) is 1. The van der Waals surface area contributed by atoms with Crippen LogP contribution in [0.2, 0.25) is 5.02 Å². The quantitative estimate of drug-likeness (QED) is 0.258. The van der Waals surface area contributed by atoms with Crippen LogP contribution in [0.15, 0.2) is 84.0 Å². The molecule has 4 heterocycles. The maximum absolute atomic E-state index is 13.2. The molecular weight excluding hydrogens is 564 g/mol. The molecule has 216 valence electrons. The van der Waals surface area contributed by atoms with Gasteiger partial charge in [0.15, 0.2) is 6.23 Å². The van der Waals surface area contributed by atoms with Gasteiger partial charge < -0.3 is 14.6 Å². The van der Waals surface area contributed by atoms with Gasteiger partial charge in [-0.1, -0.05) is 29.8 Å². The van der Waals surface area contributed by atoms with Crippen molar-refractivity contribution in [2.75, 3.05) is 6.61 Å². The Hall–Kier alpha value is -4.78. The lowest BCUT2D eigenvalue weighted by Gasteiger charge is -2.23. The van der Waals surface area contributed by atoms with Crippen LogP contribution in [0.3, 0.4) is 0 Å². The molecule has 5 aromatic rings. The van der Waals surface area contributed by atoms with Crippen LogP contribution in [0.1, 0.15) is 63.8 Å². The number of amides is 1. The molecule has 1 fully saturated rings. The zero-order valence-corrected chi connectivity index (χ0v) is 24.1. The average Bonchev–Trinajstić information content (AvgIpc) is 3.39. The van der Waals surface area contributed by atoms with E-state index >= 15 is 0 Å². The molecule has 3 aromatic heterocycles. The summed E-state index contributed by atoms with van der Waals surface area (Å²) in [6.45, 7) is 1.23. The molecule has 0 radical (unpaired) electrons. The number of pyridine rings is 2. The summed E-state index contributed by atoms with van der Waals surface area (Å²) in [5.74, 6) is -0.269. The second-order valence-corrected chi connectivity index (χ2v) is 11.0. The van der Waals surface area contributed by atoms with Gasteiger partial charge in [0.05, 0.1) is 41.5 Å². The molecule has 0 spiro atoms. The molecule has 1 unspecified atom stereocenters. The first-order valence-electron chi connectivity index (χ1n) is 14.2. The minimum absolute atomic E-state index is 0.125. The molecule has 2 aromatic carbocycles. The summed E-state index contributed by atoms with van der Waals surface area (Å²) < 4.78 is 9.42. The summed E-state index contributed by atoms with van der Waals surface area (Å²) in [7, 11) is 0. The van der Waals surface area contributed by atoms with Crippen molar-refractivity contribution in [2.24, 2.45) is 0 Å². The van der Waals surface area contributed by atoms with E-state index in [-0.39, 0.29) is 24.2 Å². The van der Waals surface area contributed by atoms with E-state index in [1.165, 1.54) is 12.3 Å². The minimum Gasteiger partial charge on any atom is -0.356 e. The third-order valence-electron chi connectivity index (χ3n) is 7.59. The largest absolute Gasteiger partial charge is 0.356 e. The van der Waals surface area contributed by atoms with Crippen LogP contribution in [0.5, 0.6) is 0 Å². The standard InChI is InChI=1S/C33H29ClN6O3/c34-27-9-10-30-28(16-27)29(38-40(30)32-6-2-4-12-43-32)20-37-33(42)26-15-23(18-36-19-26)13-22-7-8-24(25(14-22)17-35)21-39-11-3-1-5-31(39)41/h1,3,5,7-11,14-16,18-19,32H,2,4,6,12-13,20-21H2,(H,37,42). The van der Waals surface area contributed by atoms with E-state index in [2.05, 4.69) is 16.4 Å². The van der Waals surface area contributed by atoms with Gasteiger partial charge in [-0.05, 0) is 78.8 Å². The predicted octanol–water partition coefficient (Wildman–Crippen LogP) is 5.39. The van der Waals surface area contributed by atoms with Crippen molar-refractivity contribution < 1.29 is 9.53 Å². The first kappa shape index (κ1) is 28.3. The van der Waals surface area contributed by atoms with Gasteiger partial charge in [-0.15, -0.1) is 0 Å². The fraction of sp³-hybridized carbons (Fsp3) is 0.242. The number of carbonyl (C=O) groups is 1. The fourth-order valence-electron chi connectivity index (χ4n) is 5.40. The molecule has 1 atom stereocenters. The van der Waals surface area contributed by atoms with Gasteiger partial charge in [-0.2, -0.15) is 10.4 Å². The average molecular weight is 593 g/mol. The second kappa shape index (κ2) is 12.6. The summed E-state index contributed by atoms with van der Waals surface area (Å²) in [5.41, 5.74) is 4.93. The van der Waals surface area contributed by atoms with Crippen molar-refractivity contribution in [1.82, 2.24) is 24.6 Å². The summed E-state index contributed by atoms with van der Waals surface area (Å²) in [4.78, 5) is 29.6. The van der Waals surface area contributed by atoms with Gasteiger partial charge in [0.1, 0.15) is 0 Å². The SMILES string of the molecule is N#Cc1cc(Cc2cncc(C(=O)NCc3nn(C4CCCCO4)c4ccc(Cl)cc34)c2)ccc1Cn1ccccc1=O. The van der Waals surface area contributed by atoms with Crippen LogP contribution in [-0.2, 0) is 24.2 Å². The van der Waals surface area contributed by atoms with Gasteiger partial charge >= 0.3 is 0 Å². The minimum atomic E-state index is -0.269. The Morgan fingerprint density at radius 1 is 1.09 bits per heavy atom. The molecule has 0 saturated carbocycles. The fourth-order valence-corrected chi connectivity index (χ4v) is 5.58. The van der Waals surface area contributed by atoms with Gasteiger partial charge in [0, 0.05) is 41.7 Å². The van der Waals surface area contributed by atoms with Crippen LogP contribution >= 0.6 is 11.6 Å². The maximum atomic E-state index is 13.2. The van der Waals surface area contributed by atoms with Crippen LogP contribution in [0.4, 0.5) is 0 Å². The number of nitrogens with zero attached hydrogens (tertiary/aromatic N) is 5. The predicted molar refractivity (Wildman–Crippen MR) is 163 cm³/mol. The maximum Gasteiger partial charge on any atom is 0.253 e. The van der Waals surface area contributed by atoms with Gasteiger partial charge in [-0.3, -0.25) is 14.6 Å². The normalized spacial score (nSPS) is 14.8. The molecule has 1 aliphatic heterocycles. The Labute approximate surface area is 253 Å². The Morgan fingerprint density at radius 3 is 2.81 bits per heavy atom. The lowest BCUT2D eigenvalue weighted by molar-refractivity contribution is -0.0369. The van der Waals surface area contributed by atoms with Crippen LogP contribution in [0.25, 0.3) is 10.9 Å². The highest BCUT2D eigenvalue weighted by Gasteiger charge is 2.21. The third-order valence-corrected chi connectivity index (χ3v) is 7.82. The summed E-state index contributed by atoms with van der Waals surface area (Å²) in [6, 6.07) is 20.3. The molecule has 0 bridgehead atoms. The molecule has 10 heteroatoms. The summed E-state index contributed by atoms with van der Waals surface area (Å²) >= 11 is 6.30. The van der Waals surface area contributed by atoms with E-state index in [0.29, 0.717) is 41.4 Å². The smallest absolute Gasteiger partial charge is 0.253 e. The topological polar surface area (TPSA) is 115 Å². The molecule has 1 amide bonds. The number of hydrogen-bond acceptors (Lipinski definition) is 6. The number of carbonyl (C=O) groups excluding carboxylic acids is 1. The molecule has 0 aliphatic carbocycles. The van der Waals surface area contributed by atoms with E-state index in [1.54, 1.807) is 35.2 Å². The van der Waals surface area contributed by atoms with Crippen molar-refractivity contribution in [2.45, 2.75) is 45.0 Å². The van der Waals surface area contributed by atoms with Gasteiger partial charge in [-0.25, -0.2) is 4.68 Å². The van der Waals surface area contributed by atoms with Crippen molar-refractivity contribution in [3.63, 3.8) is 0 Å². The lowest BCUT2D eigenvalue weighted by Crippen LogP contribution is -2.24. The van der Waals surface area contributed by atoms with Gasteiger partial charge in [0.25, 0.3) is 11.5 Å². The first-order valence-corrected chi connectivity index (χ1v) is 14.5. The third kappa shape index (κ3) is 6.36. The van der Waals surface area contributed by atoms with Crippen molar-refractivity contribution >= 4 is 28.4 Å². The van der Waals surface area contributed by atoms with Crippen LogP contribution in [-0.4, -0.2) is 31.8 Å². The highest BCUT2D eigenvalue weighted by Crippen LogP contribution is 2.30. The Balaban J connectivity index is 1.16.